The summed E-state index contributed by atoms with van der Waals surface area (Å²) in [5.74, 6) is 0.689. The second kappa shape index (κ2) is 8.19. The summed E-state index contributed by atoms with van der Waals surface area (Å²) in [6.45, 7) is 1.68. The molecule has 23 heavy (non-hydrogen) atoms. The van der Waals surface area contributed by atoms with Crippen LogP contribution in [-0.2, 0) is 16.2 Å². The van der Waals surface area contributed by atoms with Crippen LogP contribution in [0.1, 0.15) is 18.1 Å². The number of carbonyl (C=O) groups excluding carboxylic acids is 1. The maximum atomic E-state index is 10.7. The van der Waals surface area contributed by atoms with Crippen LogP contribution in [0.25, 0.3) is 0 Å². The molecule has 0 N–H and O–H groups in total. The molecule has 0 unspecified atom stereocenters. The highest BCUT2D eigenvalue weighted by Crippen LogP contribution is 2.28. The largest absolute Gasteiger partial charge is 0.493 e. The molecular formula is C17H16ClNO4. The molecule has 0 amide bonds. The lowest BCUT2D eigenvalue weighted by Gasteiger charge is -2.11. The van der Waals surface area contributed by atoms with E-state index in [0.717, 1.165) is 11.1 Å². The van der Waals surface area contributed by atoms with Gasteiger partial charge in [0.05, 0.1) is 13.3 Å². The molecule has 0 heterocycles. The van der Waals surface area contributed by atoms with Crippen molar-refractivity contribution in [2.24, 2.45) is 5.16 Å². The quantitative estimate of drug-likeness (QED) is 0.458. The second-order valence-electron chi connectivity index (χ2n) is 4.64. The fourth-order valence-electron chi connectivity index (χ4n) is 1.79. The van der Waals surface area contributed by atoms with Gasteiger partial charge in [0.2, 0.25) is 0 Å². The summed E-state index contributed by atoms with van der Waals surface area (Å²) in [7, 11) is 1.55. The fraction of sp³-hybridized carbons (Fsp3) is 0.176. The van der Waals surface area contributed by atoms with Gasteiger partial charge in [0.15, 0.2) is 11.5 Å². The Bertz CT molecular complexity index is 698. The van der Waals surface area contributed by atoms with Gasteiger partial charge in [-0.3, -0.25) is 0 Å². The molecular weight excluding hydrogens is 318 g/mol. The van der Waals surface area contributed by atoms with Gasteiger partial charge in [-0.1, -0.05) is 28.9 Å². The zero-order valence-electron chi connectivity index (χ0n) is 12.8. The third-order valence-corrected chi connectivity index (χ3v) is 3.13. The number of halogens is 1. The number of hydrogen-bond acceptors (Lipinski definition) is 5. The SMILES string of the molecule is COc1cc(/C=N\OC(C)=O)ccc1OCc1ccc(Cl)cc1. The monoisotopic (exact) mass is 333 g/mol. The van der Waals surface area contributed by atoms with Crippen molar-refractivity contribution in [3.8, 4) is 11.5 Å². The number of nitrogens with zero attached hydrogens (tertiary/aromatic N) is 1. The Hall–Kier alpha value is -2.53. The van der Waals surface area contributed by atoms with Crippen molar-refractivity contribution in [1.29, 1.82) is 0 Å². The Kier molecular flexibility index (Phi) is 6.00. The van der Waals surface area contributed by atoms with Crippen LogP contribution in [0, 0.1) is 0 Å². The van der Waals surface area contributed by atoms with Gasteiger partial charge in [-0.25, -0.2) is 4.79 Å². The van der Waals surface area contributed by atoms with Crippen LogP contribution in [0.3, 0.4) is 0 Å². The van der Waals surface area contributed by atoms with Crippen LogP contribution in [-0.4, -0.2) is 19.3 Å². The third-order valence-electron chi connectivity index (χ3n) is 2.88. The first-order valence-corrected chi connectivity index (χ1v) is 7.22. The molecule has 2 aromatic rings. The van der Waals surface area contributed by atoms with Gasteiger partial charge < -0.3 is 14.3 Å². The summed E-state index contributed by atoms with van der Waals surface area (Å²) in [5, 5.41) is 4.25. The van der Waals surface area contributed by atoms with Gasteiger partial charge in [-0.05, 0) is 35.9 Å². The summed E-state index contributed by atoms with van der Waals surface area (Å²) >= 11 is 5.85. The molecule has 5 nitrogen and oxygen atoms in total. The van der Waals surface area contributed by atoms with Crippen molar-refractivity contribution in [2.45, 2.75) is 13.5 Å². The molecule has 0 aromatic heterocycles. The number of ether oxygens (including phenoxy) is 2. The fourth-order valence-corrected chi connectivity index (χ4v) is 1.91. The van der Waals surface area contributed by atoms with E-state index >= 15 is 0 Å². The summed E-state index contributed by atoms with van der Waals surface area (Å²) < 4.78 is 11.1. The molecule has 6 heteroatoms. The maximum Gasteiger partial charge on any atom is 0.331 e. The van der Waals surface area contributed by atoms with Gasteiger partial charge in [-0.15, -0.1) is 0 Å². The third kappa shape index (κ3) is 5.30. The van der Waals surface area contributed by atoms with Crippen LogP contribution in [0.2, 0.25) is 5.02 Å². The van der Waals surface area contributed by atoms with Crippen molar-refractivity contribution in [2.75, 3.05) is 7.11 Å². The normalized spacial score (nSPS) is 10.6. The average Bonchev–Trinajstić information content (AvgIpc) is 2.54. The molecule has 0 aliphatic carbocycles. The van der Waals surface area contributed by atoms with Gasteiger partial charge in [-0.2, -0.15) is 0 Å². The summed E-state index contributed by atoms with van der Waals surface area (Å²) in [6.07, 6.45) is 1.42. The molecule has 120 valence electrons. The zero-order chi connectivity index (χ0) is 16.7. The summed E-state index contributed by atoms with van der Waals surface area (Å²) in [5.41, 5.74) is 1.72. The Morgan fingerprint density at radius 2 is 1.91 bits per heavy atom. The Morgan fingerprint density at radius 3 is 2.57 bits per heavy atom. The van der Waals surface area contributed by atoms with E-state index in [1.807, 2.05) is 24.3 Å². The van der Waals surface area contributed by atoms with Crippen LogP contribution in [0.4, 0.5) is 0 Å². The Balaban J connectivity index is 2.05. The predicted molar refractivity (Wildman–Crippen MR) is 88.1 cm³/mol. The standard InChI is InChI=1S/C17H16ClNO4/c1-12(20)23-19-10-14-5-8-16(17(9-14)21-2)22-11-13-3-6-15(18)7-4-13/h3-10H,11H2,1-2H3/b19-10-. The number of methoxy groups -OCH3 is 1. The molecule has 0 spiro atoms. The van der Waals surface area contributed by atoms with Crippen molar-refractivity contribution in [3.05, 3.63) is 58.6 Å². The molecule has 2 aromatic carbocycles. The van der Waals surface area contributed by atoms with E-state index in [0.29, 0.717) is 23.1 Å². The van der Waals surface area contributed by atoms with Gasteiger partial charge in [0, 0.05) is 17.5 Å². The second-order valence-corrected chi connectivity index (χ2v) is 5.08. The number of rotatable bonds is 6. The van der Waals surface area contributed by atoms with Gasteiger partial charge >= 0.3 is 5.97 Å². The van der Waals surface area contributed by atoms with Gasteiger partial charge in [0.25, 0.3) is 0 Å². The van der Waals surface area contributed by atoms with E-state index < -0.39 is 5.97 Å². The lowest BCUT2D eigenvalue weighted by molar-refractivity contribution is -0.140. The first-order chi connectivity index (χ1) is 11.1. The lowest BCUT2D eigenvalue weighted by Crippen LogP contribution is -1.98. The zero-order valence-corrected chi connectivity index (χ0v) is 13.5. The minimum atomic E-state index is -0.476. The van der Waals surface area contributed by atoms with E-state index in [4.69, 9.17) is 21.1 Å². The van der Waals surface area contributed by atoms with Crippen LogP contribution >= 0.6 is 11.6 Å². The van der Waals surface area contributed by atoms with Crippen LogP contribution in [0.5, 0.6) is 11.5 Å². The maximum absolute atomic E-state index is 10.7. The van der Waals surface area contributed by atoms with Crippen molar-refractivity contribution in [1.82, 2.24) is 0 Å². The highest BCUT2D eigenvalue weighted by atomic mass is 35.5. The smallest absolute Gasteiger partial charge is 0.331 e. The number of oxime groups is 1. The van der Waals surface area contributed by atoms with E-state index in [9.17, 15) is 4.79 Å². The van der Waals surface area contributed by atoms with Crippen molar-refractivity contribution < 1.29 is 19.1 Å². The first kappa shape index (κ1) is 16.8. The first-order valence-electron chi connectivity index (χ1n) is 6.84. The molecule has 0 fully saturated rings. The van der Waals surface area contributed by atoms with E-state index in [2.05, 4.69) is 9.99 Å². The average molecular weight is 334 g/mol. The van der Waals surface area contributed by atoms with E-state index in [1.54, 1.807) is 25.3 Å². The highest BCUT2D eigenvalue weighted by Gasteiger charge is 2.06. The molecule has 0 aliphatic heterocycles. The molecule has 0 aliphatic rings. The molecule has 0 bridgehead atoms. The summed E-state index contributed by atoms with van der Waals surface area (Å²) in [6, 6.07) is 12.7. The van der Waals surface area contributed by atoms with Crippen molar-refractivity contribution >= 4 is 23.8 Å². The molecule has 2 rings (SSSR count). The Labute approximate surface area is 139 Å². The molecule has 0 saturated carbocycles. The minimum absolute atomic E-state index is 0.397. The Morgan fingerprint density at radius 1 is 1.17 bits per heavy atom. The summed E-state index contributed by atoms with van der Waals surface area (Å²) in [4.78, 5) is 15.2. The van der Waals surface area contributed by atoms with Gasteiger partial charge in [0.1, 0.15) is 6.61 Å². The van der Waals surface area contributed by atoms with Crippen molar-refractivity contribution in [3.63, 3.8) is 0 Å². The van der Waals surface area contributed by atoms with Crippen LogP contribution < -0.4 is 9.47 Å². The van der Waals surface area contributed by atoms with E-state index in [-0.39, 0.29) is 0 Å². The topological polar surface area (TPSA) is 57.1 Å². The minimum Gasteiger partial charge on any atom is -0.493 e. The molecule has 0 atom stereocenters. The number of carbonyl (C=O) groups is 1. The van der Waals surface area contributed by atoms with E-state index in [1.165, 1.54) is 13.1 Å². The molecule has 0 saturated heterocycles. The molecule has 0 radical (unpaired) electrons. The lowest BCUT2D eigenvalue weighted by atomic mass is 10.2. The predicted octanol–water partition coefficient (Wildman–Crippen LogP) is 3.82. The number of hydrogen-bond donors (Lipinski definition) is 0. The number of benzene rings is 2. The highest BCUT2D eigenvalue weighted by molar-refractivity contribution is 6.30. The van der Waals surface area contributed by atoms with Crippen LogP contribution in [0.15, 0.2) is 47.6 Å².